The van der Waals surface area contributed by atoms with Crippen molar-refractivity contribution in [2.75, 3.05) is 24.5 Å². The van der Waals surface area contributed by atoms with E-state index in [1.165, 1.54) is 42.3 Å². The zero-order chi connectivity index (χ0) is 27.7. The maximum Gasteiger partial charge on any atom is 0.264 e. The Morgan fingerprint density at radius 3 is 2.21 bits per heavy atom. The van der Waals surface area contributed by atoms with Gasteiger partial charge in [-0.3, -0.25) is 13.9 Å². The van der Waals surface area contributed by atoms with E-state index in [9.17, 15) is 22.4 Å². The number of halogens is 1. The first kappa shape index (κ1) is 28.6. The van der Waals surface area contributed by atoms with Crippen molar-refractivity contribution in [1.82, 2.24) is 10.2 Å². The fourth-order valence-corrected chi connectivity index (χ4v) is 5.24. The molecule has 10 heteroatoms. The second-order valence-electron chi connectivity index (χ2n) is 8.61. The number of nitrogens with one attached hydrogen (secondary N) is 1. The first-order chi connectivity index (χ1) is 18.2. The van der Waals surface area contributed by atoms with Gasteiger partial charge in [-0.05, 0) is 55.3 Å². The Hall–Kier alpha value is -3.92. The minimum absolute atomic E-state index is 0.0278. The molecule has 2 amide bonds. The van der Waals surface area contributed by atoms with Crippen molar-refractivity contribution >= 4 is 27.5 Å². The fourth-order valence-electron chi connectivity index (χ4n) is 3.79. The summed E-state index contributed by atoms with van der Waals surface area (Å²) in [7, 11) is -2.78. The third kappa shape index (κ3) is 6.89. The Kier molecular flexibility index (Phi) is 9.84. The van der Waals surface area contributed by atoms with Crippen LogP contribution in [0.1, 0.15) is 25.8 Å². The van der Waals surface area contributed by atoms with E-state index < -0.39 is 34.3 Å². The lowest BCUT2D eigenvalue weighted by Crippen LogP contribution is -2.51. The van der Waals surface area contributed by atoms with Gasteiger partial charge in [0, 0.05) is 13.1 Å². The van der Waals surface area contributed by atoms with Gasteiger partial charge in [0.25, 0.3) is 10.0 Å². The van der Waals surface area contributed by atoms with Gasteiger partial charge in [0.15, 0.2) is 0 Å². The van der Waals surface area contributed by atoms with Gasteiger partial charge >= 0.3 is 0 Å². The van der Waals surface area contributed by atoms with Gasteiger partial charge in [0.05, 0.1) is 17.7 Å². The monoisotopic (exact) mass is 541 g/mol. The van der Waals surface area contributed by atoms with Crippen molar-refractivity contribution in [3.63, 3.8) is 0 Å². The van der Waals surface area contributed by atoms with E-state index in [0.29, 0.717) is 24.3 Å². The molecule has 3 aromatic rings. The number of anilines is 1. The van der Waals surface area contributed by atoms with Gasteiger partial charge in [-0.25, -0.2) is 12.8 Å². The number of amides is 2. The summed E-state index contributed by atoms with van der Waals surface area (Å²) in [6, 6.07) is 18.9. The third-order valence-corrected chi connectivity index (χ3v) is 7.73. The van der Waals surface area contributed by atoms with Crippen molar-refractivity contribution < 1.29 is 27.1 Å². The van der Waals surface area contributed by atoms with E-state index >= 15 is 0 Å². The van der Waals surface area contributed by atoms with Crippen LogP contribution >= 0.6 is 0 Å². The summed E-state index contributed by atoms with van der Waals surface area (Å²) in [5.41, 5.74) is 0.440. The molecule has 3 aromatic carbocycles. The van der Waals surface area contributed by atoms with Gasteiger partial charge in [-0.1, -0.05) is 49.4 Å². The molecule has 0 saturated heterocycles. The molecular formula is C28H32FN3O5S. The molecule has 1 atom stereocenters. The van der Waals surface area contributed by atoms with Crippen LogP contribution in [0.15, 0.2) is 83.8 Å². The normalized spacial score (nSPS) is 11.9. The van der Waals surface area contributed by atoms with Crippen LogP contribution in [0.5, 0.6) is 5.75 Å². The number of para-hydroxylation sites is 1. The predicted molar refractivity (Wildman–Crippen MR) is 144 cm³/mol. The number of carbonyl (C=O) groups excluding carboxylic acids is 2. The molecular weight excluding hydrogens is 509 g/mol. The number of benzene rings is 3. The number of sulfonamides is 1. The van der Waals surface area contributed by atoms with Crippen LogP contribution in [0.25, 0.3) is 0 Å². The first-order valence-corrected chi connectivity index (χ1v) is 13.7. The van der Waals surface area contributed by atoms with Gasteiger partial charge in [0.2, 0.25) is 11.8 Å². The van der Waals surface area contributed by atoms with Crippen molar-refractivity contribution in [1.29, 1.82) is 0 Å². The van der Waals surface area contributed by atoms with Crippen LogP contribution in [0, 0.1) is 5.82 Å². The molecule has 0 aliphatic heterocycles. The summed E-state index contributed by atoms with van der Waals surface area (Å²) in [6.45, 7) is 3.23. The van der Waals surface area contributed by atoms with E-state index in [1.807, 2.05) is 6.92 Å². The number of ether oxygens (including phenoxy) is 1. The summed E-state index contributed by atoms with van der Waals surface area (Å²) in [4.78, 5) is 27.8. The highest BCUT2D eigenvalue weighted by atomic mass is 32.2. The molecule has 1 N–H and O–H groups in total. The molecule has 0 aromatic heterocycles. The molecule has 3 rings (SSSR count). The quantitative estimate of drug-likeness (QED) is 0.374. The molecule has 0 saturated carbocycles. The predicted octanol–water partition coefficient (Wildman–Crippen LogP) is 3.97. The van der Waals surface area contributed by atoms with Gasteiger partial charge < -0.3 is 15.0 Å². The smallest absolute Gasteiger partial charge is 0.264 e. The van der Waals surface area contributed by atoms with E-state index in [-0.39, 0.29) is 23.0 Å². The van der Waals surface area contributed by atoms with Gasteiger partial charge in [-0.2, -0.15) is 0 Å². The summed E-state index contributed by atoms with van der Waals surface area (Å²) in [5.74, 6) is -1.21. The van der Waals surface area contributed by atoms with Crippen LogP contribution in [-0.4, -0.2) is 51.4 Å². The molecule has 0 fully saturated rings. The molecule has 202 valence electrons. The topological polar surface area (TPSA) is 96.0 Å². The molecule has 38 heavy (non-hydrogen) atoms. The van der Waals surface area contributed by atoms with Gasteiger partial charge in [0.1, 0.15) is 24.2 Å². The Morgan fingerprint density at radius 1 is 0.974 bits per heavy atom. The van der Waals surface area contributed by atoms with E-state index in [1.54, 1.807) is 49.4 Å². The van der Waals surface area contributed by atoms with E-state index in [0.717, 1.165) is 10.4 Å². The van der Waals surface area contributed by atoms with Crippen molar-refractivity contribution in [2.45, 2.75) is 37.8 Å². The first-order valence-electron chi connectivity index (χ1n) is 12.2. The van der Waals surface area contributed by atoms with Crippen molar-refractivity contribution in [2.24, 2.45) is 0 Å². The van der Waals surface area contributed by atoms with Gasteiger partial charge in [-0.15, -0.1) is 0 Å². The second-order valence-corrected chi connectivity index (χ2v) is 10.5. The van der Waals surface area contributed by atoms with Crippen LogP contribution < -0.4 is 14.4 Å². The number of carbonyl (C=O) groups is 2. The summed E-state index contributed by atoms with van der Waals surface area (Å²) in [5, 5.41) is 2.78. The maximum atomic E-state index is 14.9. The Balaban J connectivity index is 2.01. The van der Waals surface area contributed by atoms with Crippen LogP contribution in [0.2, 0.25) is 0 Å². The molecule has 8 nitrogen and oxygen atoms in total. The highest BCUT2D eigenvalue weighted by Crippen LogP contribution is 2.27. The SMILES string of the molecule is CCCNC(=O)C(C)N(Cc1ccc(OC)cc1)C(=O)CN(c1ccccc1F)S(=O)(=O)c1ccccc1. The lowest BCUT2D eigenvalue weighted by molar-refractivity contribution is -0.139. The molecule has 0 aliphatic rings. The van der Waals surface area contributed by atoms with Crippen molar-refractivity contribution in [3.05, 3.63) is 90.2 Å². The molecule has 0 spiro atoms. The lowest BCUT2D eigenvalue weighted by atomic mass is 10.1. The average molecular weight is 542 g/mol. The maximum absolute atomic E-state index is 14.9. The van der Waals surface area contributed by atoms with E-state index in [2.05, 4.69) is 5.32 Å². The van der Waals surface area contributed by atoms with Crippen LogP contribution in [-0.2, 0) is 26.2 Å². The number of hydrogen-bond acceptors (Lipinski definition) is 5. The largest absolute Gasteiger partial charge is 0.497 e. The highest BCUT2D eigenvalue weighted by Gasteiger charge is 2.33. The minimum Gasteiger partial charge on any atom is -0.497 e. The Bertz CT molecular complexity index is 1330. The Labute approximate surface area is 223 Å². The standard InChI is InChI=1S/C28H32FN3O5S/c1-4-18-30-28(34)21(2)31(19-22-14-16-23(37-3)17-15-22)27(33)20-32(26-13-9-8-12-25(26)29)38(35,36)24-10-6-5-7-11-24/h5-17,21H,4,18-20H2,1-3H3,(H,30,34). The molecule has 1 unspecified atom stereocenters. The number of methoxy groups -OCH3 is 1. The molecule has 0 bridgehead atoms. The molecule has 0 heterocycles. The van der Waals surface area contributed by atoms with Crippen LogP contribution in [0.3, 0.4) is 0 Å². The zero-order valence-corrected chi connectivity index (χ0v) is 22.4. The second kappa shape index (κ2) is 13.0. The summed E-state index contributed by atoms with van der Waals surface area (Å²) >= 11 is 0. The number of nitrogens with zero attached hydrogens (tertiary/aromatic N) is 2. The average Bonchev–Trinajstić information content (AvgIpc) is 2.94. The zero-order valence-electron chi connectivity index (χ0n) is 21.6. The summed E-state index contributed by atoms with van der Waals surface area (Å²) < 4.78 is 48.0. The Morgan fingerprint density at radius 2 is 1.61 bits per heavy atom. The number of hydrogen-bond donors (Lipinski definition) is 1. The molecule has 0 aliphatic carbocycles. The van der Waals surface area contributed by atoms with Crippen molar-refractivity contribution in [3.8, 4) is 5.75 Å². The third-order valence-electron chi connectivity index (χ3n) is 5.96. The van der Waals surface area contributed by atoms with E-state index in [4.69, 9.17) is 4.74 Å². The van der Waals surface area contributed by atoms with Crippen LogP contribution in [0.4, 0.5) is 10.1 Å². The summed E-state index contributed by atoms with van der Waals surface area (Å²) in [6.07, 6.45) is 0.710. The fraction of sp³-hybridized carbons (Fsp3) is 0.286. The number of rotatable bonds is 12. The minimum atomic E-state index is -4.32. The highest BCUT2D eigenvalue weighted by molar-refractivity contribution is 7.92. The molecule has 0 radical (unpaired) electrons. The lowest BCUT2D eigenvalue weighted by Gasteiger charge is -2.32.